The Balaban J connectivity index is 1.79. The van der Waals surface area contributed by atoms with Crippen molar-refractivity contribution < 1.29 is 0 Å². The van der Waals surface area contributed by atoms with Gasteiger partial charge >= 0.3 is 0 Å². The van der Waals surface area contributed by atoms with E-state index in [1.54, 1.807) is 10.7 Å². The molecule has 1 aliphatic rings. The van der Waals surface area contributed by atoms with E-state index in [9.17, 15) is 0 Å². The molecule has 2 heterocycles. The van der Waals surface area contributed by atoms with E-state index in [2.05, 4.69) is 15.4 Å². The van der Waals surface area contributed by atoms with Gasteiger partial charge in [0, 0.05) is 24.2 Å². The first-order valence-electron chi connectivity index (χ1n) is 6.00. The van der Waals surface area contributed by atoms with Crippen LogP contribution in [0.15, 0.2) is 24.5 Å². The lowest BCUT2D eigenvalue weighted by Crippen LogP contribution is -2.25. The third kappa shape index (κ3) is 2.09. The molecule has 4 nitrogen and oxygen atoms in total. The standard InChI is InChI=1S/C12H15ClN4/c13-8-9-2-1-3-10(9)15-11-5-7-17-12(16-11)4-6-14-17/h4-7,9-10H,1-3,8H2,(H,15,16). The molecule has 2 aromatic rings. The number of fused-ring (bicyclic) bond motifs is 1. The number of nitrogens with zero attached hydrogens (tertiary/aromatic N) is 3. The second-order valence-electron chi connectivity index (χ2n) is 4.54. The number of halogens is 1. The number of nitrogens with one attached hydrogen (secondary N) is 1. The summed E-state index contributed by atoms with van der Waals surface area (Å²) in [6.07, 6.45) is 7.34. The normalized spacial score (nSPS) is 24.3. The topological polar surface area (TPSA) is 42.2 Å². The van der Waals surface area contributed by atoms with Crippen LogP contribution in [0, 0.1) is 5.92 Å². The largest absolute Gasteiger partial charge is 0.367 e. The molecule has 1 fully saturated rings. The summed E-state index contributed by atoms with van der Waals surface area (Å²) in [5, 5.41) is 7.62. The average molecular weight is 251 g/mol. The third-order valence-electron chi connectivity index (χ3n) is 3.45. The Bertz CT molecular complexity index is 510. The zero-order valence-electron chi connectivity index (χ0n) is 9.51. The fraction of sp³-hybridized carbons (Fsp3) is 0.500. The molecular formula is C12H15ClN4. The maximum absolute atomic E-state index is 5.97. The van der Waals surface area contributed by atoms with Crippen LogP contribution in [0.3, 0.4) is 0 Å². The fourth-order valence-electron chi connectivity index (χ4n) is 2.49. The molecule has 2 aromatic heterocycles. The Labute approximate surface area is 105 Å². The monoisotopic (exact) mass is 250 g/mol. The highest BCUT2D eigenvalue weighted by molar-refractivity contribution is 6.18. The minimum atomic E-state index is 0.463. The second-order valence-corrected chi connectivity index (χ2v) is 4.85. The van der Waals surface area contributed by atoms with Crippen LogP contribution < -0.4 is 5.32 Å². The first-order chi connectivity index (χ1) is 8.36. The van der Waals surface area contributed by atoms with Crippen LogP contribution >= 0.6 is 11.6 Å². The van der Waals surface area contributed by atoms with E-state index in [-0.39, 0.29) is 0 Å². The summed E-state index contributed by atoms with van der Waals surface area (Å²) in [5.74, 6) is 2.21. The minimum absolute atomic E-state index is 0.463. The first-order valence-corrected chi connectivity index (χ1v) is 6.53. The predicted molar refractivity (Wildman–Crippen MR) is 68.5 cm³/mol. The summed E-state index contributed by atoms with van der Waals surface area (Å²) in [6.45, 7) is 0. The van der Waals surface area contributed by atoms with Crippen molar-refractivity contribution in [3.05, 3.63) is 24.5 Å². The Kier molecular flexibility index (Phi) is 2.89. The van der Waals surface area contributed by atoms with E-state index in [0.29, 0.717) is 12.0 Å². The second kappa shape index (κ2) is 4.53. The van der Waals surface area contributed by atoms with Gasteiger partial charge in [-0.1, -0.05) is 6.42 Å². The molecule has 0 bridgehead atoms. The molecule has 0 aromatic carbocycles. The SMILES string of the molecule is ClCC1CCCC1Nc1ccn2nccc2n1. The van der Waals surface area contributed by atoms with Gasteiger partial charge < -0.3 is 5.32 Å². The lowest BCUT2D eigenvalue weighted by molar-refractivity contribution is 0.561. The molecule has 0 saturated heterocycles. The van der Waals surface area contributed by atoms with Crippen LogP contribution in [-0.2, 0) is 0 Å². The molecule has 1 N–H and O–H groups in total. The average Bonchev–Trinajstić information content (AvgIpc) is 2.96. The van der Waals surface area contributed by atoms with Crippen molar-refractivity contribution in [1.29, 1.82) is 0 Å². The number of hydrogen-bond donors (Lipinski definition) is 1. The van der Waals surface area contributed by atoms with Crippen molar-refractivity contribution >= 4 is 23.1 Å². The highest BCUT2D eigenvalue weighted by atomic mass is 35.5. The molecule has 0 radical (unpaired) electrons. The maximum atomic E-state index is 5.97. The Morgan fingerprint density at radius 2 is 2.35 bits per heavy atom. The molecule has 0 aliphatic heterocycles. The van der Waals surface area contributed by atoms with Crippen molar-refractivity contribution in [2.24, 2.45) is 5.92 Å². The smallest absolute Gasteiger partial charge is 0.157 e. The first kappa shape index (κ1) is 10.8. The molecule has 2 atom stereocenters. The van der Waals surface area contributed by atoms with Crippen molar-refractivity contribution in [3.63, 3.8) is 0 Å². The fourth-order valence-corrected chi connectivity index (χ4v) is 2.86. The number of aromatic nitrogens is 3. The van der Waals surface area contributed by atoms with Gasteiger partial charge in [-0.25, -0.2) is 9.50 Å². The van der Waals surface area contributed by atoms with Crippen molar-refractivity contribution in [2.75, 3.05) is 11.2 Å². The van der Waals surface area contributed by atoms with Crippen molar-refractivity contribution in [1.82, 2.24) is 14.6 Å². The molecule has 17 heavy (non-hydrogen) atoms. The summed E-state index contributed by atoms with van der Waals surface area (Å²) < 4.78 is 1.76. The van der Waals surface area contributed by atoms with Gasteiger partial charge in [0.2, 0.25) is 0 Å². The van der Waals surface area contributed by atoms with Gasteiger partial charge in [-0.2, -0.15) is 5.10 Å². The maximum Gasteiger partial charge on any atom is 0.157 e. The Hall–Kier alpha value is -1.29. The van der Waals surface area contributed by atoms with E-state index in [1.165, 1.54) is 19.3 Å². The molecule has 0 amide bonds. The lowest BCUT2D eigenvalue weighted by atomic mass is 10.1. The zero-order chi connectivity index (χ0) is 11.7. The third-order valence-corrected chi connectivity index (χ3v) is 3.84. The van der Waals surface area contributed by atoms with Crippen molar-refractivity contribution in [2.45, 2.75) is 25.3 Å². The number of hydrogen-bond acceptors (Lipinski definition) is 3. The summed E-state index contributed by atoms with van der Waals surface area (Å²) >= 11 is 5.97. The zero-order valence-corrected chi connectivity index (χ0v) is 10.3. The predicted octanol–water partition coefficient (Wildman–Crippen LogP) is 2.55. The molecule has 2 unspecified atom stereocenters. The molecule has 5 heteroatoms. The Morgan fingerprint density at radius 1 is 1.41 bits per heavy atom. The number of alkyl halides is 1. The van der Waals surface area contributed by atoms with Gasteiger partial charge in [0.1, 0.15) is 5.82 Å². The van der Waals surface area contributed by atoms with Gasteiger partial charge in [-0.15, -0.1) is 11.6 Å². The minimum Gasteiger partial charge on any atom is -0.367 e. The molecule has 1 aliphatic carbocycles. The van der Waals surface area contributed by atoms with E-state index in [1.807, 2.05) is 18.3 Å². The molecule has 1 saturated carbocycles. The van der Waals surface area contributed by atoms with Crippen LogP contribution in [0.4, 0.5) is 5.82 Å². The van der Waals surface area contributed by atoms with Gasteiger partial charge in [0.15, 0.2) is 5.65 Å². The highest BCUT2D eigenvalue weighted by Gasteiger charge is 2.26. The van der Waals surface area contributed by atoms with Gasteiger partial charge in [0.05, 0.1) is 6.20 Å². The summed E-state index contributed by atoms with van der Waals surface area (Å²) in [6, 6.07) is 4.33. The van der Waals surface area contributed by atoms with Crippen molar-refractivity contribution in [3.8, 4) is 0 Å². The molecular weight excluding hydrogens is 236 g/mol. The number of anilines is 1. The van der Waals surface area contributed by atoms with E-state index in [4.69, 9.17) is 11.6 Å². The van der Waals surface area contributed by atoms with E-state index < -0.39 is 0 Å². The van der Waals surface area contributed by atoms with E-state index >= 15 is 0 Å². The van der Waals surface area contributed by atoms with Gasteiger partial charge in [0.25, 0.3) is 0 Å². The van der Waals surface area contributed by atoms with Crippen LogP contribution in [0.1, 0.15) is 19.3 Å². The summed E-state index contributed by atoms with van der Waals surface area (Å²) in [7, 11) is 0. The van der Waals surface area contributed by atoms with Crippen LogP contribution in [0.25, 0.3) is 5.65 Å². The van der Waals surface area contributed by atoms with Crippen LogP contribution in [0.2, 0.25) is 0 Å². The molecule has 90 valence electrons. The van der Waals surface area contributed by atoms with Gasteiger partial charge in [-0.05, 0) is 24.8 Å². The van der Waals surface area contributed by atoms with Gasteiger partial charge in [-0.3, -0.25) is 0 Å². The molecule has 3 rings (SSSR count). The van der Waals surface area contributed by atoms with Crippen LogP contribution in [0.5, 0.6) is 0 Å². The lowest BCUT2D eigenvalue weighted by Gasteiger charge is -2.19. The summed E-state index contributed by atoms with van der Waals surface area (Å²) in [4.78, 5) is 4.51. The number of rotatable bonds is 3. The summed E-state index contributed by atoms with van der Waals surface area (Å²) in [5.41, 5.74) is 0.871. The quantitative estimate of drug-likeness (QED) is 0.852. The van der Waals surface area contributed by atoms with E-state index in [0.717, 1.165) is 17.3 Å². The van der Waals surface area contributed by atoms with Crippen LogP contribution in [-0.4, -0.2) is 26.5 Å². The Morgan fingerprint density at radius 3 is 3.24 bits per heavy atom. The molecule has 0 spiro atoms. The highest BCUT2D eigenvalue weighted by Crippen LogP contribution is 2.28.